The molecule has 1 aliphatic heterocycles. The van der Waals surface area contributed by atoms with Crippen LogP contribution in [0.4, 0.5) is 0 Å². The van der Waals surface area contributed by atoms with Crippen molar-refractivity contribution in [3.05, 3.63) is 70.4 Å². The van der Waals surface area contributed by atoms with Crippen molar-refractivity contribution < 1.29 is 19.4 Å². The monoisotopic (exact) mass is 451 g/mol. The van der Waals surface area contributed by atoms with Gasteiger partial charge in [0, 0.05) is 23.8 Å². The third-order valence-electron chi connectivity index (χ3n) is 5.45. The van der Waals surface area contributed by atoms with Crippen LogP contribution in [0.15, 0.2) is 53.6 Å². The van der Waals surface area contributed by atoms with Crippen molar-refractivity contribution in [2.75, 3.05) is 7.11 Å². The van der Waals surface area contributed by atoms with E-state index in [-0.39, 0.29) is 18.7 Å². The van der Waals surface area contributed by atoms with Crippen molar-refractivity contribution in [1.29, 1.82) is 0 Å². The van der Waals surface area contributed by atoms with Crippen molar-refractivity contribution in [2.24, 2.45) is 5.10 Å². The molecule has 1 aromatic heterocycles. The average molecular weight is 452 g/mol. The Labute approximate surface area is 190 Å². The van der Waals surface area contributed by atoms with Gasteiger partial charge >= 0.3 is 5.97 Å². The number of halogens is 1. The number of carboxylic acids is 1. The molecule has 2 aromatic carbocycles. The van der Waals surface area contributed by atoms with Crippen LogP contribution in [0.5, 0.6) is 5.75 Å². The van der Waals surface area contributed by atoms with Gasteiger partial charge in [-0.3, -0.25) is 9.59 Å². The van der Waals surface area contributed by atoms with E-state index >= 15 is 0 Å². The van der Waals surface area contributed by atoms with E-state index in [0.717, 1.165) is 27.8 Å². The average Bonchev–Trinajstić information content (AvgIpc) is 3.22. The Morgan fingerprint density at radius 1 is 1.16 bits per heavy atom. The standard InChI is InChI=1S/C24H22ClN3O4/c1-14-3-4-16-12-18(24(25)26-19(16)11-14)21-13-20(15-5-7-17(32-2)8-6-15)27-28(21)22(29)9-10-23(30)31/h3-8,11-12,21H,9-10,13H2,1-2H3,(H,30,31)/t21-/m1/s1. The highest BCUT2D eigenvalue weighted by atomic mass is 35.5. The SMILES string of the molecule is COc1ccc(C2=NN(C(=O)CCC(=O)O)[C@@H](c3cc4ccc(C)cc4nc3Cl)C2)cc1. The van der Waals surface area contributed by atoms with E-state index in [2.05, 4.69) is 10.1 Å². The Hall–Kier alpha value is -3.45. The normalized spacial score (nSPS) is 15.7. The maximum atomic E-state index is 12.9. The van der Waals surface area contributed by atoms with Gasteiger partial charge < -0.3 is 9.84 Å². The molecule has 0 saturated carbocycles. The Bertz CT molecular complexity index is 1220. The zero-order valence-corrected chi connectivity index (χ0v) is 18.5. The largest absolute Gasteiger partial charge is 0.497 e. The number of amides is 1. The molecule has 1 amide bonds. The number of aliphatic carboxylic acids is 1. The minimum Gasteiger partial charge on any atom is -0.497 e. The number of carbonyl (C=O) groups is 2. The minimum atomic E-state index is -1.03. The van der Waals surface area contributed by atoms with Gasteiger partial charge in [0.15, 0.2) is 0 Å². The molecule has 0 fully saturated rings. The van der Waals surface area contributed by atoms with Gasteiger partial charge in [0.1, 0.15) is 10.9 Å². The second-order valence-electron chi connectivity index (χ2n) is 7.69. The van der Waals surface area contributed by atoms with Gasteiger partial charge in [-0.1, -0.05) is 23.7 Å². The summed E-state index contributed by atoms with van der Waals surface area (Å²) in [7, 11) is 1.59. The molecular weight excluding hydrogens is 430 g/mol. The van der Waals surface area contributed by atoms with Crippen molar-refractivity contribution >= 4 is 40.1 Å². The van der Waals surface area contributed by atoms with Crippen LogP contribution in [0.1, 0.15) is 42.0 Å². The lowest BCUT2D eigenvalue weighted by Gasteiger charge is -2.23. The predicted octanol–water partition coefficient (Wildman–Crippen LogP) is 4.75. The van der Waals surface area contributed by atoms with Crippen LogP contribution < -0.4 is 4.74 Å². The number of ether oxygens (including phenoxy) is 1. The summed E-state index contributed by atoms with van der Waals surface area (Å²) in [6.45, 7) is 1.98. The molecule has 8 heteroatoms. The molecule has 164 valence electrons. The number of carboxylic acid groups (broad SMARTS) is 1. The molecule has 32 heavy (non-hydrogen) atoms. The highest BCUT2D eigenvalue weighted by Crippen LogP contribution is 2.38. The van der Waals surface area contributed by atoms with Crippen molar-refractivity contribution in [1.82, 2.24) is 9.99 Å². The van der Waals surface area contributed by atoms with E-state index in [1.54, 1.807) is 7.11 Å². The van der Waals surface area contributed by atoms with Gasteiger partial charge in [0.05, 0.1) is 30.8 Å². The molecule has 4 rings (SSSR count). The summed E-state index contributed by atoms with van der Waals surface area (Å²) >= 11 is 6.56. The van der Waals surface area contributed by atoms with Gasteiger partial charge in [0.2, 0.25) is 5.91 Å². The first-order chi connectivity index (χ1) is 15.4. The molecule has 7 nitrogen and oxygen atoms in total. The number of aryl methyl sites for hydroxylation is 1. The van der Waals surface area contributed by atoms with Gasteiger partial charge in [-0.25, -0.2) is 9.99 Å². The first kappa shape index (κ1) is 21.8. The predicted molar refractivity (Wildman–Crippen MR) is 122 cm³/mol. The number of carbonyl (C=O) groups excluding carboxylic acids is 1. The number of hydrogen-bond donors (Lipinski definition) is 1. The highest BCUT2D eigenvalue weighted by Gasteiger charge is 2.35. The summed E-state index contributed by atoms with van der Waals surface area (Å²) in [6, 6.07) is 14.8. The van der Waals surface area contributed by atoms with Gasteiger partial charge in [0.25, 0.3) is 0 Å². The second-order valence-corrected chi connectivity index (χ2v) is 8.05. The fourth-order valence-electron chi connectivity index (χ4n) is 3.77. The van der Waals surface area contributed by atoms with Crippen LogP contribution in [0.2, 0.25) is 5.15 Å². The quantitative estimate of drug-likeness (QED) is 0.546. The Balaban J connectivity index is 1.72. The fourth-order valence-corrected chi connectivity index (χ4v) is 4.04. The molecule has 3 aromatic rings. The molecule has 0 spiro atoms. The third kappa shape index (κ3) is 4.43. The lowest BCUT2D eigenvalue weighted by molar-refractivity contribution is -0.141. The van der Waals surface area contributed by atoms with Crippen LogP contribution in [-0.4, -0.2) is 39.8 Å². The first-order valence-electron chi connectivity index (χ1n) is 10.2. The molecule has 2 heterocycles. The summed E-state index contributed by atoms with van der Waals surface area (Å²) in [5.74, 6) is -0.689. The molecule has 0 radical (unpaired) electrons. The van der Waals surface area contributed by atoms with Crippen molar-refractivity contribution in [3.63, 3.8) is 0 Å². The minimum absolute atomic E-state index is 0.150. The number of nitrogens with zero attached hydrogens (tertiary/aromatic N) is 3. The summed E-state index contributed by atoms with van der Waals surface area (Å²) in [6.07, 6.45) is 0.0192. The third-order valence-corrected chi connectivity index (χ3v) is 5.76. The zero-order valence-electron chi connectivity index (χ0n) is 17.7. The van der Waals surface area contributed by atoms with E-state index in [0.29, 0.717) is 22.8 Å². The van der Waals surface area contributed by atoms with Crippen LogP contribution in [0, 0.1) is 6.92 Å². The van der Waals surface area contributed by atoms with Crippen molar-refractivity contribution in [3.8, 4) is 5.75 Å². The molecule has 1 atom stereocenters. The highest BCUT2D eigenvalue weighted by molar-refractivity contribution is 6.30. The lowest BCUT2D eigenvalue weighted by Crippen LogP contribution is -2.27. The zero-order chi connectivity index (χ0) is 22.8. The molecule has 1 aliphatic rings. The van der Waals surface area contributed by atoms with Gasteiger partial charge in [-0.05, 0) is 54.4 Å². The fraction of sp³-hybridized carbons (Fsp3) is 0.250. The van der Waals surface area contributed by atoms with Gasteiger partial charge in [-0.15, -0.1) is 0 Å². The van der Waals surface area contributed by atoms with Gasteiger partial charge in [-0.2, -0.15) is 5.10 Å². The van der Waals surface area contributed by atoms with Crippen LogP contribution in [0.3, 0.4) is 0 Å². The van der Waals surface area contributed by atoms with E-state index in [1.807, 2.05) is 55.5 Å². The summed E-state index contributed by atoms with van der Waals surface area (Å²) in [5, 5.41) is 16.1. The summed E-state index contributed by atoms with van der Waals surface area (Å²) in [4.78, 5) is 28.4. The smallest absolute Gasteiger partial charge is 0.303 e. The Kier molecular flexibility index (Phi) is 6.10. The Morgan fingerprint density at radius 2 is 1.91 bits per heavy atom. The van der Waals surface area contributed by atoms with E-state index in [1.165, 1.54) is 5.01 Å². The van der Waals surface area contributed by atoms with E-state index in [4.69, 9.17) is 21.4 Å². The summed E-state index contributed by atoms with van der Waals surface area (Å²) < 4.78 is 5.22. The Morgan fingerprint density at radius 3 is 2.59 bits per heavy atom. The molecule has 0 aliphatic carbocycles. The van der Waals surface area contributed by atoms with Crippen LogP contribution in [-0.2, 0) is 9.59 Å². The molecule has 0 unspecified atom stereocenters. The van der Waals surface area contributed by atoms with E-state index < -0.39 is 12.0 Å². The number of benzene rings is 2. The maximum absolute atomic E-state index is 12.9. The number of rotatable bonds is 6. The van der Waals surface area contributed by atoms with Crippen molar-refractivity contribution in [2.45, 2.75) is 32.2 Å². The number of fused-ring (bicyclic) bond motifs is 1. The second kappa shape index (κ2) is 8.96. The number of methoxy groups -OCH3 is 1. The molecule has 0 saturated heterocycles. The molecular formula is C24H22ClN3O4. The number of aromatic nitrogens is 1. The lowest BCUT2D eigenvalue weighted by atomic mass is 9.98. The number of hydrazone groups is 1. The number of hydrogen-bond acceptors (Lipinski definition) is 5. The first-order valence-corrected chi connectivity index (χ1v) is 10.6. The number of pyridine rings is 1. The topological polar surface area (TPSA) is 92.1 Å². The van der Waals surface area contributed by atoms with Crippen LogP contribution >= 0.6 is 11.6 Å². The molecule has 0 bridgehead atoms. The maximum Gasteiger partial charge on any atom is 0.303 e. The molecule has 1 N–H and O–H groups in total. The summed E-state index contributed by atoms with van der Waals surface area (Å²) in [5.41, 5.74) is 4.09. The van der Waals surface area contributed by atoms with E-state index in [9.17, 15) is 9.59 Å². The van der Waals surface area contributed by atoms with Crippen LogP contribution in [0.25, 0.3) is 10.9 Å².